The van der Waals surface area contributed by atoms with Crippen LogP contribution in [-0.4, -0.2) is 78.0 Å². The van der Waals surface area contributed by atoms with Crippen molar-refractivity contribution in [2.75, 3.05) is 39.6 Å². The van der Waals surface area contributed by atoms with Gasteiger partial charge in [-0.2, -0.15) is 0 Å². The van der Waals surface area contributed by atoms with Gasteiger partial charge in [-0.25, -0.2) is 13.6 Å². The quantitative estimate of drug-likeness (QED) is 0.271. The lowest BCUT2D eigenvalue weighted by atomic mass is 9.90. The van der Waals surface area contributed by atoms with Crippen LogP contribution < -0.4 is 4.74 Å². The van der Waals surface area contributed by atoms with Gasteiger partial charge in [0.25, 0.3) is 6.43 Å². The topological polar surface area (TPSA) is 96.9 Å². The first-order valence-electron chi connectivity index (χ1n) is 13.0. The average molecular weight is 532 g/mol. The number of rotatable bonds is 15. The highest BCUT2D eigenvalue weighted by Crippen LogP contribution is 2.40. The zero-order chi connectivity index (χ0) is 26.9. The third kappa shape index (κ3) is 7.27. The van der Waals surface area contributed by atoms with Crippen LogP contribution in [-0.2, 0) is 20.7 Å². The van der Waals surface area contributed by atoms with Crippen LogP contribution in [0, 0.1) is 0 Å². The summed E-state index contributed by atoms with van der Waals surface area (Å²) in [7, 11) is 0. The maximum absolute atomic E-state index is 13.5. The molecule has 0 fully saturated rings. The van der Waals surface area contributed by atoms with E-state index < -0.39 is 18.4 Å². The highest BCUT2D eigenvalue weighted by molar-refractivity contribution is 5.85. The summed E-state index contributed by atoms with van der Waals surface area (Å²) in [6.45, 7) is 3.22. The molecular formula is C28H35F2N3O5. The van der Waals surface area contributed by atoms with Crippen LogP contribution in [0.1, 0.15) is 49.2 Å². The van der Waals surface area contributed by atoms with E-state index in [1.54, 1.807) is 6.20 Å². The van der Waals surface area contributed by atoms with Gasteiger partial charge in [0, 0.05) is 35.9 Å². The molecule has 2 aromatic heterocycles. The van der Waals surface area contributed by atoms with Gasteiger partial charge in [-0.15, -0.1) is 0 Å². The Morgan fingerprint density at radius 1 is 1.11 bits per heavy atom. The van der Waals surface area contributed by atoms with Crippen molar-refractivity contribution in [3.05, 3.63) is 59.5 Å². The van der Waals surface area contributed by atoms with Crippen molar-refractivity contribution in [2.45, 2.75) is 51.1 Å². The number of aromatic nitrogens is 2. The van der Waals surface area contributed by atoms with Crippen LogP contribution in [0.3, 0.4) is 0 Å². The number of H-pyrrole nitrogens is 1. The summed E-state index contributed by atoms with van der Waals surface area (Å²) < 4.78 is 43.4. The maximum Gasteiger partial charge on any atom is 0.329 e. The van der Waals surface area contributed by atoms with Gasteiger partial charge < -0.3 is 24.3 Å². The summed E-state index contributed by atoms with van der Waals surface area (Å²) in [6.07, 6.45) is 2.43. The predicted molar refractivity (Wildman–Crippen MR) is 139 cm³/mol. The van der Waals surface area contributed by atoms with Gasteiger partial charge in [0.1, 0.15) is 19.0 Å². The summed E-state index contributed by atoms with van der Waals surface area (Å²) >= 11 is 0. The fraction of sp³-hybridized carbons (Fsp3) is 0.500. The number of nitrogens with zero attached hydrogens (tertiary/aromatic N) is 2. The van der Waals surface area contributed by atoms with Crippen molar-refractivity contribution in [1.29, 1.82) is 0 Å². The molecule has 0 saturated heterocycles. The minimum Gasteiger partial charge on any atom is -0.490 e. The molecule has 206 valence electrons. The Kier molecular flexibility index (Phi) is 10.0. The third-order valence-corrected chi connectivity index (χ3v) is 6.70. The third-order valence-electron chi connectivity index (χ3n) is 6.70. The number of pyridine rings is 1. The Hall–Kier alpha value is -3.08. The first-order valence-corrected chi connectivity index (χ1v) is 13.0. The Labute approximate surface area is 220 Å². The average Bonchev–Trinajstić information content (AvgIpc) is 3.25. The fourth-order valence-corrected chi connectivity index (χ4v) is 4.97. The smallest absolute Gasteiger partial charge is 0.329 e. The van der Waals surface area contributed by atoms with Crippen LogP contribution in [0.15, 0.2) is 42.6 Å². The molecule has 0 radical (unpaired) electrons. The number of carboxylic acids is 1. The summed E-state index contributed by atoms with van der Waals surface area (Å²) in [4.78, 5) is 20.3. The minimum absolute atomic E-state index is 0.0622. The highest BCUT2D eigenvalue weighted by atomic mass is 19.3. The molecule has 0 saturated carbocycles. The second kappa shape index (κ2) is 13.6. The second-order valence-electron chi connectivity index (χ2n) is 9.49. The number of hydrogen-bond acceptors (Lipinski definition) is 6. The molecule has 3 aromatic rings. The Morgan fingerprint density at radius 2 is 1.89 bits per heavy atom. The van der Waals surface area contributed by atoms with E-state index in [0.717, 1.165) is 41.4 Å². The summed E-state index contributed by atoms with van der Waals surface area (Å²) in [5.41, 5.74) is 3.78. The van der Waals surface area contributed by atoms with Crippen LogP contribution in [0.4, 0.5) is 8.78 Å². The van der Waals surface area contributed by atoms with E-state index in [2.05, 4.69) is 16.0 Å². The molecule has 0 unspecified atom stereocenters. The lowest BCUT2D eigenvalue weighted by Gasteiger charge is -2.40. The van der Waals surface area contributed by atoms with E-state index in [-0.39, 0.29) is 19.2 Å². The van der Waals surface area contributed by atoms with Gasteiger partial charge in [-0.3, -0.25) is 9.88 Å². The van der Waals surface area contributed by atoms with Crippen molar-refractivity contribution in [2.24, 2.45) is 0 Å². The molecule has 38 heavy (non-hydrogen) atoms. The number of carboxylic acid groups (broad SMARTS) is 1. The molecule has 0 spiro atoms. The maximum atomic E-state index is 13.5. The second-order valence-corrected chi connectivity index (χ2v) is 9.49. The SMILES string of the molecule is C[C@@H]1Cc2c([nH]c3ccccc23)[C@@H](c2ccc(OCCOCCCCCOCC(=O)O)cn2)N1CC(F)F. The number of carbonyl (C=O) groups is 1. The van der Waals surface area contributed by atoms with Crippen LogP contribution in [0.25, 0.3) is 10.9 Å². The molecule has 2 atom stereocenters. The van der Waals surface area contributed by atoms with Crippen LogP contribution in [0.5, 0.6) is 5.75 Å². The first kappa shape index (κ1) is 27.9. The van der Waals surface area contributed by atoms with Gasteiger partial charge in [0.2, 0.25) is 0 Å². The monoisotopic (exact) mass is 531 g/mol. The lowest BCUT2D eigenvalue weighted by Crippen LogP contribution is -2.45. The van der Waals surface area contributed by atoms with E-state index in [9.17, 15) is 13.6 Å². The Morgan fingerprint density at radius 3 is 2.63 bits per heavy atom. The zero-order valence-corrected chi connectivity index (χ0v) is 21.6. The summed E-state index contributed by atoms with van der Waals surface area (Å²) in [5.74, 6) is -0.368. The highest BCUT2D eigenvalue weighted by Gasteiger charge is 2.37. The number of para-hydroxylation sites is 1. The van der Waals surface area contributed by atoms with E-state index in [4.69, 9.17) is 19.3 Å². The van der Waals surface area contributed by atoms with Crippen molar-refractivity contribution in [1.82, 2.24) is 14.9 Å². The molecule has 0 bridgehead atoms. The molecule has 8 nitrogen and oxygen atoms in total. The lowest BCUT2D eigenvalue weighted by molar-refractivity contribution is -0.142. The van der Waals surface area contributed by atoms with E-state index in [1.807, 2.05) is 42.2 Å². The number of aliphatic carboxylic acids is 1. The van der Waals surface area contributed by atoms with Crippen molar-refractivity contribution in [3.8, 4) is 5.75 Å². The molecule has 4 rings (SSSR count). The minimum atomic E-state index is -2.45. The van der Waals surface area contributed by atoms with Gasteiger partial charge in [0.15, 0.2) is 0 Å². The van der Waals surface area contributed by atoms with Gasteiger partial charge >= 0.3 is 5.97 Å². The zero-order valence-electron chi connectivity index (χ0n) is 21.6. The largest absolute Gasteiger partial charge is 0.490 e. The van der Waals surface area contributed by atoms with Gasteiger partial charge in [-0.1, -0.05) is 18.2 Å². The summed E-state index contributed by atoms with van der Waals surface area (Å²) in [6, 6.07) is 11.2. The van der Waals surface area contributed by atoms with E-state index in [0.29, 0.717) is 44.3 Å². The molecule has 10 heteroatoms. The van der Waals surface area contributed by atoms with Crippen LogP contribution >= 0.6 is 0 Å². The molecular weight excluding hydrogens is 496 g/mol. The standard InChI is InChI=1S/C28H35F2N3O5/c1-19-15-22-21-7-3-4-8-23(21)32-27(22)28(33(19)17-25(29)30)24-10-9-20(16-31-24)38-14-13-36-11-5-2-6-12-37-18-26(34)35/h3-4,7-10,16,19,25,28,32H,2,5-6,11-15,17-18H2,1H3,(H,34,35)/t19-,28-/m1/s1. The van der Waals surface area contributed by atoms with Crippen molar-refractivity contribution >= 4 is 16.9 Å². The predicted octanol–water partition coefficient (Wildman–Crippen LogP) is 4.83. The number of halogens is 2. The molecule has 1 aliphatic heterocycles. The number of fused-ring (bicyclic) bond motifs is 3. The molecule has 1 aromatic carbocycles. The Bertz CT molecular complexity index is 1170. The van der Waals surface area contributed by atoms with E-state index >= 15 is 0 Å². The Balaban J connectivity index is 1.30. The number of aromatic amines is 1. The number of benzene rings is 1. The number of hydrogen-bond donors (Lipinski definition) is 2. The van der Waals surface area contributed by atoms with Crippen molar-refractivity contribution in [3.63, 3.8) is 0 Å². The fourth-order valence-electron chi connectivity index (χ4n) is 4.97. The first-order chi connectivity index (χ1) is 18.4. The van der Waals surface area contributed by atoms with Gasteiger partial charge in [-0.05, 0) is 56.4 Å². The van der Waals surface area contributed by atoms with Gasteiger partial charge in [0.05, 0.1) is 31.1 Å². The molecule has 0 amide bonds. The van der Waals surface area contributed by atoms with E-state index in [1.165, 1.54) is 0 Å². The number of nitrogens with one attached hydrogen (secondary N) is 1. The number of alkyl halides is 2. The molecule has 0 aliphatic carbocycles. The number of unbranched alkanes of at least 4 members (excludes halogenated alkanes) is 2. The molecule has 3 heterocycles. The normalized spacial score (nSPS) is 17.7. The summed E-state index contributed by atoms with van der Waals surface area (Å²) in [5, 5.41) is 9.64. The molecule has 1 aliphatic rings. The van der Waals surface area contributed by atoms with Crippen LogP contribution in [0.2, 0.25) is 0 Å². The van der Waals surface area contributed by atoms with Crippen molar-refractivity contribution < 1.29 is 32.9 Å². The number of ether oxygens (including phenoxy) is 3. The molecule has 2 N–H and O–H groups in total.